The Kier molecular flexibility index (Phi) is 8.14. The zero-order valence-electron chi connectivity index (χ0n) is 23.5. The molecule has 0 unspecified atom stereocenters. The molecule has 4 aromatic rings. The minimum Gasteiger partial charge on any atom is -0.383 e. The molecule has 6 rings (SSSR count). The summed E-state index contributed by atoms with van der Waals surface area (Å²) < 4.78 is 34.6. The number of ether oxygens (including phenoxy) is 1. The van der Waals surface area contributed by atoms with Gasteiger partial charge < -0.3 is 4.74 Å². The molecular formula is C31H32F2N6O3. The van der Waals surface area contributed by atoms with Crippen LogP contribution in [-0.4, -0.2) is 62.4 Å². The lowest BCUT2D eigenvalue weighted by atomic mass is 9.91. The molecule has 0 amide bonds. The van der Waals surface area contributed by atoms with Gasteiger partial charge in [-0.3, -0.25) is 9.63 Å². The Morgan fingerprint density at radius 2 is 1.86 bits per heavy atom. The van der Waals surface area contributed by atoms with Crippen molar-refractivity contribution in [1.82, 2.24) is 29.8 Å². The van der Waals surface area contributed by atoms with Gasteiger partial charge in [0.15, 0.2) is 5.82 Å². The zero-order valence-corrected chi connectivity index (χ0v) is 23.5. The number of para-hydroxylation sites is 1. The Balaban J connectivity index is 1.27. The second kappa shape index (κ2) is 12.1. The molecule has 9 nitrogen and oxygen atoms in total. The first-order chi connectivity index (χ1) is 20.4. The van der Waals surface area contributed by atoms with Crippen LogP contribution in [0.4, 0.5) is 8.78 Å². The second-order valence-corrected chi connectivity index (χ2v) is 10.9. The number of nitrogens with zero attached hydrogens (tertiary/aromatic N) is 6. The van der Waals surface area contributed by atoms with Crippen LogP contribution < -0.4 is 0 Å². The molecule has 2 atom stereocenters. The summed E-state index contributed by atoms with van der Waals surface area (Å²) in [5.74, 6) is -1.24. The first-order valence-corrected chi connectivity index (χ1v) is 14.1. The molecule has 1 aliphatic heterocycles. The Morgan fingerprint density at radius 3 is 2.55 bits per heavy atom. The lowest BCUT2D eigenvalue weighted by Crippen LogP contribution is -2.24. The molecule has 3 aromatic heterocycles. The highest BCUT2D eigenvalue weighted by Crippen LogP contribution is 2.39. The molecule has 42 heavy (non-hydrogen) atoms. The van der Waals surface area contributed by atoms with Gasteiger partial charge in [-0.05, 0) is 43.5 Å². The summed E-state index contributed by atoms with van der Waals surface area (Å²) in [6.07, 6.45) is 6.77. The number of ketones is 1. The van der Waals surface area contributed by atoms with Gasteiger partial charge >= 0.3 is 0 Å². The number of pyridine rings is 1. The van der Waals surface area contributed by atoms with Crippen molar-refractivity contribution in [1.29, 1.82) is 0 Å². The maximum Gasteiger partial charge on any atom is 0.248 e. The van der Waals surface area contributed by atoms with Gasteiger partial charge in [0, 0.05) is 74.6 Å². The van der Waals surface area contributed by atoms with Gasteiger partial charge in [-0.25, -0.2) is 24.0 Å². The molecular weight excluding hydrogens is 542 g/mol. The van der Waals surface area contributed by atoms with Crippen molar-refractivity contribution >= 4 is 5.78 Å². The van der Waals surface area contributed by atoms with Crippen LogP contribution in [0.2, 0.25) is 0 Å². The van der Waals surface area contributed by atoms with Crippen LogP contribution >= 0.6 is 0 Å². The maximum absolute atomic E-state index is 14.1. The quantitative estimate of drug-likeness (QED) is 0.233. The minimum absolute atomic E-state index is 0.0233. The van der Waals surface area contributed by atoms with E-state index in [4.69, 9.17) is 14.7 Å². The fraction of sp³-hybridized carbons (Fsp3) is 0.387. The summed E-state index contributed by atoms with van der Waals surface area (Å²) in [5, 5.41) is 6.61. The van der Waals surface area contributed by atoms with Crippen LogP contribution in [0, 0.1) is 24.6 Å². The molecule has 0 spiro atoms. The Bertz CT molecular complexity index is 1560. The third-order valence-corrected chi connectivity index (χ3v) is 7.81. The van der Waals surface area contributed by atoms with Crippen molar-refractivity contribution in [2.45, 2.75) is 44.6 Å². The minimum atomic E-state index is -1.17. The smallest absolute Gasteiger partial charge is 0.248 e. The van der Waals surface area contributed by atoms with Crippen LogP contribution in [0.25, 0.3) is 16.9 Å². The Morgan fingerprint density at radius 1 is 1.10 bits per heavy atom. The number of rotatable bonds is 11. The summed E-state index contributed by atoms with van der Waals surface area (Å²) in [6.45, 7) is 3.29. The monoisotopic (exact) mass is 574 g/mol. The summed E-state index contributed by atoms with van der Waals surface area (Å²) >= 11 is 0. The summed E-state index contributed by atoms with van der Waals surface area (Å²) in [7, 11) is 1.59. The number of carbonyl (C=O) groups is 1. The van der Waals surface area contributed by atoms with E-state index in [0.717, 1.165) is 52.9 Å². The molecule has 1 saturated carbocycles. The first-order valence-electron chi connectivity index (χ1n) is 14.1. The highest BCUT2D eigenvalue weighted by Gasteiger charge is 2.37. The van der Waals surface area contributed by atoms with Gasteiger partial charge in [-0.1, -0.05) is 18.2 Å². The third-order valence-electron chi connectivity index (χ3n) is 7.81. The van der Waals surface area contributed by atoms with E-state index in [1.54, 1.807) is 12.2 Å². The highest BCUT2D eigenvalue weighted by molar-refractivity contribution is 5.82. The molecule has 11 heteroatoms. The van der Waals surface area contributed by atoms with Gasteiger partial charge in [0.2, 0.25) is 5.95 Å². The normalized spacial score (nSPS) is 19.0. The van der Waals surface area contributed by atoms with Crippen molar-refractivity contribution in [3.63, 3.8) is 0 Å². The number of benzene rings is 1. The molecule has 0 N–H and O–H groups in total. The largest absolute Gasteiger partial charge is 0.383 e. The van der Waals surface area contributed by atoms with E-state index >= 15 is 0 Å². The van der Waals surface area contributed by atoms with Crippen LogP contribution in [-0.2, 0) is 20.8 Å². The Hall–Kier alpha value is -3.93. The lowest BCUT2D eigenvalue weighted by molar-refractivity contribution is -0.155. The molecule has 2 aliphatic rings. The predicted octanol–water partition coefficient (Wildman–Crippen LogP) is 4.94. The van der Waals surface area contributed by atoms with Crippen molar-refractivity contribution in [3.8, 4) is 16.9 Å². The number of aromatic nitrogens is 5. The van der Waals surface area contributed by atoms with Crippen LogP contribution in [0.5, 0.6) is 0 Å². The van der Waals surface area contributed by atoms with Gasteiger partial charge in [-0.2, -0.15) is 14.6 Å². The van der Waals surface area contributed by atoms with E-state index < -0.39 is 17.9 Å². The van der Waals surface area contributed by atoms with Crippen LogP contribution in [0.3, 0.4) is 0 Å². The fourth-order valence-corrected chi connectivity index (χ4v) is 5.44. The SMILES string of the molecule is COCCN1C[C@@H](CC(=O)Cc2c(C)c(-c3cnc(C4CC4)nc3)nn2-c2ccccc2)[C@H](c2cnc(F)c(F)c2)O1. The zero-order chi connectivity index (χ0) is 29.2. The van der Waals surface area contributed by atoms with Gasteiger partial charge in [-0.15, -0.1) is 0 Å². The summed E-state index contributed by atoms with van der Waals surface area (Å²) in [6, 6.07) is 10.8. The van der Waals surface area contributed by atoms with E-state index in [0.29, 0.717) is 31.2 Å². The number of hydrogen-bond donors (Lipinski definition) is 0. The van der Waals surface area contributed by atoms with Crippen molar-refractivity contribution in [2.24, 2.45) is 5.92 Å². The molecule has 4 heterocycles. The second-order valence-electron chi connectivity index (χ2n) is 10.9. The molecule has 1 aliphatic carbocycles. The number of Topliss-reactive ketones (excluding diaryl/α,β-unsaturated/α-hetero) is 1. The number of hydrogen-bond acceptors (Lipinski definition) is 8. The average molecular weight is 575 g/mol. The molecule has 0 radical (unpaired) electrons. The maximum atomic E-state index is 14.1. The predicted molar refractivity (Wildman–Crippen MR) is 150 cm³/mol. The lowest BCUT2D eigenvalue weighted by Gasteiger charge is -2.17. The first kappa shape index (κ1) is 28.2. The summed E-state index contributed by atoms with van der Waals surface area (Å²) in [5.41, 5.74) is 4.39. The van der Waals surface area contributed by atoms with Crippen LogP contribution in [0.1, 0.15) is 53.9 Å². The van der Waals surface area contributed by atoms with Gasteiger partial charge in [0.1, 0.15) is 17.7 Å². The van der Waals surface area contributed by atoms with E-state index in [1.807, 2.05) is 54.3 Å². The van der Waals surface area contributed by atoms with Crippen molar-refractivity contribution < 1.29 is 23.1 Å². The molecule has 0 bridgehead atoms. The fourth-order valence-electron chi connectivity index (χ4n) is 5.44. The highest BCUT2D eigenvalue weighted by atomic mass is 19.2. The van der Waals surface area contributed by atoms with Crippen molar-refractivity contribution in [2.75, 3.05) is 26.8 Å². The van der Waals surface area contributed by atoms with E-state index in [-0.39, 0.29) is 24.5 Å². The molecule has 1 aromatic carbocycles. The standard InChI is InChI=1S/C31H32F2N6O3/c1-19-27(39(24-6-4-3-5-7-24)37-28(19)23-16-35-31(36-17-23)20-8-9-20)14-25(40)12-22-18-38(10-11-41-2)42-29(22)21-13-26(32)30(33)34-15-21/h3-7,13,15-17,20,22,29H,8-12,14,18H2,1-2H3/t22-,29+/m1/s1. The number of methoxy groups -OCH3 is 1. The third kappa shape index (κ3) is 5.99. The van der Waals surface area contributed by atoms with Gasteiger partial charge in [0.05, 0.1) is 23.7 Å². The summed E-state index contributed by atoms with van der Waals surface area (Å²) in [4.78, 5) is 32.4. The number of hydroxylamine groups is 2. The van der Waals surface area contributed by atoms with E-state index in [2.05, 4.69) is 15.0 Å². The number of halogens is 2. The molecule has 2 fully saturated rings. The van der Waals surface area contributed by atoms with Crippen LogP contribution in [0.15, 0.2) is 55.0 Å². The van der Waals surface area contributed by atoms with E-state index in [9.17, 15) is 13.6 Å². The molecule has 1 saturated heterocycles. The van der Waals surface area contributed by atoms with Gasteiger partial charge in [0.25, 0.3) is 0 Å². The van der Waals surface area contributed by atoms with Crippen molar-refractivity contribution in [3.05, 3.63) is 89.4 Å². The number of carbonyl (C=O) groups excluding carboxylic acids is 1. The molecule has 218 valence electrons. The van der Waals surface area contributed by atoms with E-state index in [1.165, 1.54) is 6.20 Å². The topological polar surface area (TPSA) is 95.3 Å². The average Bonchev–Trinajstić information content (AvgIpc) is 3.71. The Labute approximate surface area is 242 Å².